The molecule has 2 aliphatic rings. The fourth-order valence-electron chi connectivity index (χ4n) is 3.99. The molecule has 1 aromatic rings. The van der Waals surface area contributed by atoms with Crippen molar-refractivity contribution in [3.63, 3.8) is 0 Å². The lowest BCUT2D eigenvalue weighted by Crippen LogP contribution is -2.38. The number of hydrogen-bond acceptors (Lipinski definition) is 4. The van der Waals surface area contributed by atoms with E-state index in [2.05, 4.69) is 17.9 Å². The van der Waals surface area contributed by atoms with Crippen molar-refractivity contribution in [3.8, 4) is 6.07 Å². The molecular formula is C20H27N3O2. The third-order valence-corrected chi connectivity index (χ3v) is 5.18. The van der Waals surface area contributed by atoms with Crippen LogP contribution in [0.3, 0.4) is 0 Å². The van der Waals surface area contributed by atoms with Gasteiger partial charge in [0.1, 0.15) is 5.60 Å². The van der Waals surface area contributed by atoms with E-state index in [0.717, 1.165) is 32.7 Å². The number of ether oxygens (including phenoxy) is 1. The van der Waals surface area contributed by atoms with Crippen LogP contribution in [0.5, 0.6) is 0 Å². The van der Waals surface area contributed by atoms with Crippen molar-refractivity contribution in [2.75, 3.05) is 26.2 Å². The largest absolute Gasteiger partial charge is 0.444 e. The Labute approximate surface area is 150 Å². The Morgan fingerprint density at radius 3 is 2.52 bits per heavy atom. The molecule has 0 bridgehead atoms. The summed E-state index contributed by atoms with van der Waals surface area (Å²) in [6, 6.07) is 9.96. The highest BCUT2D eigenvalue weighted by molar-refractivity contribution is 5.68. The molecule has 0 spiro atoms. The molecule has 5 heteroatoms. The van der Waals surface area contributed by atoms with E-state index >= 15 is 0 Å². The van der Waals surface area contributed by atoms with Gasteiger partial charge in [-0.05, 0) is 44.4 Å². The van der Waals surface area contributed by atoms with Crippen LogP contribution in [0.2, 0.25) is 0 Å². The van der Waals surface area contributed by atoms with Crippen molar-refractivity contribution in [1.82, 2.24) is 9.80 Å². The number of hydrogen-bond donors (Lipinski definition) is 0. The summed E-state index contributed by atoms with van der Waals surface area (Å²) < 4.78 is 5.52. The topological polar surface area (TPSA) is 56.6 Å². The number of amides is 1. The molecule has 3 rings (SSSR count). The zero-order valence-corrected chi connectivity index (χ0v) is 15.6. The Kier molecular flexibility index (Phi) is 4.51. The molecule has 0 radical (unpaired) electrons. The van der Waals surface area contributed by atoms with E-state index in [9.17, 15) is 4.79 Å². The summed E-state index contributed by atoms with van der Waals surface area (Å²) in [5, 5.41) is 8.89. The summed E-state index contributed by atoms with van der Waals surface area (Å²) in [6.07, 6.45) is -0.193. The summed E-state index contributed by atoms with van der Waals surface area (Å²) in [6.45, 7) is 12.4. The Morgan fingerprint density at radius 1 is 1.28 bits per heavy atom. The van der Waals surface area contributed by atoms with Crippen LogP contribution in [0.4, 0.5) is 4.79 Å². The van der Waals surface area contributed by atoms with E-state index in [1.54, 1.807) is 0 Å². The molecule has 134 valence electrons. The monoisotopic (exact) mass is 341 g/mol. The predicted molar refractivity (Wildman–Crippen MR) is 95.8 cm³/mol. The van der Waals surface area contributed by atoms with Crippen LogP contribution in [0, 0.1) is 22.7 Å². The zero-order valence-electron chi connectivity index (χ0n) is 15.6. The molecule has 2 heterocycles. The van der Waals surface area contributed by atoms with Crippen LogP contribution in [0.1, 0.15) is 38.8 Å². The zero-order chi connectivity index (χ0) is 18.2. The van der Waals surface area contributed by atoms with Crippen LogP contribution in [0.25, 0.3) is 0 Å². The van der Waals surface area contributed by atoms with Gasteiger partial charge >= 0.3 is 6.09 Å². The van der Waals surface area contributed by atoms with Gasteiger partial charge in [-0.15, -0.1) is 0 Å². The van der Waals surface area contributed by atoms with E-state index in [1.165, 1.54) is 5.56 Å². The van der Waals surface area contributed by atoms with Crippen LogP contribution < -0.4 is 0 Å². The van der Waals surface area contributed by atoms with Crippen molar-refractivity contribution >= 4 is 6.09 Å². The summed E-state index contributed by atoms with van der Waals surface area (Å²) in [5.41, 5.74) is 1.61. The third-order valence-electron chi connectivity index (χ3n) is 5.18. The highest BCUT2D eigenvalue weighted by Crippen LogP contribution is 2.42. The number of nitrogens with zero attached hydrogens (tertiary/aromatic N) is 3. The number of likely N-dealkylation sites (tertiary alicyclic amines) is 2. The van der Waals surface area contributed by atoms with Gasteiger partial charge < -0.3 is 9.64 Å². The standard InChI is InChI=1S/C20H27N3O2/c1-19(2,3)25-18(24)23-12-17-11-22(13-20(17,4)14-23)10-16-7-5-15(9-21)6-8-16/h5-8,17H,10-14H2,1-4H3/t17-,20+/m0/s1. The maximum atomic E-state index is 12.3. The molecule has 1 amide bonds. The van der Waals surface area contributed by atoms with Gasteiger partial charge in [0.15, 0.2) is 0 Å². The SMILES string of the molecule is CC(C)(C)OC(=O)N1C[C@@H]2CN(Cc3ccc(C#N)cc3)C[C@]2(C)C1. The summed E-state index contributed by atoms with van der Waals surface area (Å²) in [7, 11) is 0. The molecule has 0 saturated carbocycles. The predicted octanol–water partition coefficient (Wildman–Crippen LogP) is 3.25. The van der Waals surface area contributed by atoms with Gasteiger partial charge in [0.25, 0.3) is 0 Å². The van der Waals surface area contributed by atoms with Crippen molar-refractivity contribution in [3.05, 3.63) is 35.4 Å². The van der Waals surface area contributed by atoms with Crippen LogP contribution >= 0.6 is 0 Å². The first-order valence-electron chi connectivity index (χ1n) is 8.88. The molecule has 25 heavy (non-hydrogen) atoms. The molecule has 2 fully saturated rings. The fraction of sp³-hybridized carbons (Fsp3) is 0.600. The molecule has 1 aromatic carbocycles. The van der Waals surface area contributed by atoms with E-state index in [4.69, 9.17) is 10.00 Å². The number of nitriles is 1. The normalized spacial score (nSPS) is 26.4. The van der Waals surface area contributed by atoms with Gasteiger partial charge in [-0.3, -0.25) is 4.90 Å². The van der Waals surface area contributed by atoms with E-state index in [0.29, 0.717) is 11.5 Å². The molecule has 2 atom stereocenters. The maximum Gasteiger partial charge on any atom is 0.410 e. The average Bonchev–Trinajstić information content (AvgIpc) is 2.97. The first-order valence-corrected chi connectivity index (χ1v) is 8.88. The second-order valence-corrected chi connectivity index (χ2v) is 8.69. The molecule has 5 nitrogen and oxygen atoms in total. The first kappa shape index (κ1) is 17.8. The van der Waals surface area contributed by atoms with Crippen LogP contribution in [-0.2, 0) is 11.3 Å². The van der Waals surface area contributed by atoms with Crippen LogP contribution in [0.15, 0.2) is 24.3 Å². The number of rotatable bonds is 2. The maximum absolute atomic E-state index is 12.3. The highest BCUT2D eigenvalue weighted by Gasteiger charge is 2.50. The Balaban J connectivity index is 1.58. The third kappa shape index (κ3) is 3.96. The first-order chi connectivity index (χ1) is 11.7. The van der Waals surface area contributed by atoms with Gasteiger partial charge in [0.05, 0.1) is 11.6 Å². The van der Waals surface area contributed by atoms with Gasteiger partial charge in [-0.2, -0.15) is 5.26 Å². The van der Waals surface area contributed by atoms with Gasteiger partial charge in [-0.25, -0.2) is 4.79 Å². The molecule has 2 saturated heterocycles. The lowest BCUT2D eigenvalue weighted by Gasteiger charge is -2.28. The molecule has 0 N–H and O–H groups in total. The number of carbonyl (C=O) groups is 1. The van der Waals surface area contributed by atoms with E-state index in [-0.39, 0.29) is 11.5 Å². The smallest absolute Gasteiger partial charge is 0.410 e. The van der Waals surface area contributed by atoms with Gasteiger partial charge in [-0.1, -0.05) is 19.1 Å². The fourth-order valence-corrected chi connectivity index (χ4v) is 3.99. The Bertz CT molecular complexity index is 686. The van der Waals surface area contributed by atoms with Crippen molar-refractivity contribution < 1.29 is 9.53 Å². The number of fused-ring (bicyclic) bond motifs is 1. The lowest BCUT2D eigenvalue weighted by molar-refractivity contribution is 0.0262. The summed E-state index contributed by atoms with van der Waals surface area (Å²) >= 11 is 0. The second-order valence-electron chi connectivity index (χ2n) is 8.69. The molecule has 0 aliphatic carbocycles. The quantitative estimate of drug-likeness (QED) is 0.828. The van der Waals surface area contributed by atoms with Crippen molar-refractivity contribution in [2.45, 2.75) is 39.8 Å². The van der Waals surface area contributed by atoms with Crippen molar-refractivity contribution in [2.24, 2.45) is 11.3 Å². The molecular weight excluding hydrogens is 314 g/mol. The minimum atomic E-state index is -0.447. The second kappa shape index (κ2) is 6.34. The average molecular weight is 341 g/mol. The summed E-state index contributed by atoms with van der Waals surface area (Å²) in [5.74, 6) is 0.485. The Morgan fingerprint density at radius 2 is 1.96 bits per heavy atom. The molecule has 0 aromatic heterocycles. The van der Waals surface area contributed by atoms with Crippen LogP contribution in [-0.4, -0.2) is 47.7 Å². The van der Waals surface area contributed by atoms with E-state index in [1.807, 2.05) is 49.9 Å². The minimum Gasteiger partial charge on any atom is -0.444 e. The van der Waals surface area contributed by atoms with Crippen molar-refractivity contribution in [1.29, 1.82) is 5.26 Å². The minimum absolute atomic E-state index is 0.128. The van der Waals surface area contributed by atoms with E-state index < -0.39 is 5.60 Å². The highest BCUT2D eigenvalue weighted by atomic mass is 16.6. The van der Waals surface area contributed by atoms with Gasteiger partial charge in [0, 0.05) is 38.1 Å². The molecule has 2 aliphatic heterocycles. The summed E-state index contributed by atoms with van der Waals surface area (Å²) in [4.78, 5) is 16.7. The lowest BCUT2D eigenvalue weighted by atomic mass is 9.83. The van der Waals surface area contributed by atoms with Gasteiger partial charge in [0.2, 0.25) is 0 Å². The number of benzene rings is 1. The Hall–Kier alpha value is -2.06. The molecule has 0 unspecified atom stereocenters. The number of carbonyl (C=O) groups excluding carboxylic acids is 1.